The van der Waals surface area contributed by atoms with Gasteiger partial charge in [0.2, 0.25) is 11.7 Å². The number of hydrogen-bond donors (Lipinski definition) is 1. The van der Waals surface area contributed by atoms with E-state index in [2.05, 4.69) is 50.1 Å². The molecule has 10 nitrogen and oxygen atoms in total. The van der Waals surface area contributed by atoms with E-state index in [0.717, 1.165) is 5.69 Å². The Balaban J connectivity index is 1.47. The average Bonchev–Trinajstić information content (AvgIpc) is 3.40. The summed E-state index contributed by atoms with van der Waals surface area (Å²) in [4.78, 5) is 13.6. The molecular formula is C19H19N9O. The van der Waals surface area contributed by atoms with Crippen LogP contribution in [0.25, 0.3) is 17.1 Å². The fourth-order valence-electron chi connectivity index (χ4n) is 2.83. The minimum Gasteiger partial charge on any atom is -0.324 e. The van der Waals surface area contributed by atoms with E-state index in [-0.39, 0.29) is 12.5 Å². The molecule has 146 valence electrons. The van der Waals surface area contributed by atoms with Gasteiger partial charge in [0.25, 0.3) is 0 Å². The van der Waals surface area contributed by atoms with Crippen LogP contribution < -0.4 is 5.32 Å². The van der Waals surface area contributed by atoms with Crippen LogP contribution >= 0.6 is 0 Å². The molecule has 0 radical (unpaired) electrons. The summed E-state index contributed by atoms with van der Waals surface area (Å²) >= 11 is 0. The van der Waals surface area contributed by atoms with E-state index in [4.69, 9.17) is 0 Å². The predicted molar refractivity (Wildman–Crippen MR) is 105 cm³/mol. The Morgan fingerprint density at radius 3 is 2.59 bits per heavy atom. The van der Waals surface area contributed by atoms with Gasteiger partial charge in [-0.05, 0) is 51.4 Å². The lowest BCUT2D eigenvalue weighted by atomic mass is 10.0. The summed E-state index contributed by atoms with van der Waals surface area (Å²) in [7, 11) is 0. The molecule has 0 spiro atoms. The second kappa shape index (κ2) is 7.97. The Morgan fingerprint density at radius 2 is 1.86 bits per heavy atom. The van der Waals surface area contributed by atoms with Gasteiger partial charge in [0.1, 0.15) is 12.9 Å². The van der Waals surface area contributed by atoms with E-state index < -0.39 is 0 Å². The molecule has 0 unspecified atom stereocenters. The number of benzene rings is 2. The molecule has 29 heavy (non-hydrogen) atoms. The van der Waals surface area contributed by atoms with Crippen molar-refractivity contribution in [1.29, 1.82) is 0 Å². The smallest absolute Gasteiger partial charge is 0.248 e. The Kier molecular flexibility index (Phi) is 5.06. The summed E-state index contributed by atoms with van der Waals surface area (Å²) in [5, 5.41) is 26.4. The number of para-hydroxylation sites is 1. The highest BCUT2D eigenvalue weighted by atomic mass is 16.2. The van der Waals surface area contributed by atoms with Gasteiger partial charge in [-0.2, -0.15) is 9.48 Å². The maximum atomic E-state index is 12.3. The van der Waals surface area contributed by atoms with Gasteiger partial charge in [0, 0.05) is 11.3 Å². The summed E-state index contributed by atoms with van der Waals surface area (Å²) in [6.07, 6.45) is 1.49. The van der Waals surface area contributed by atoms with Crippen LogP contribution in [-0.2, 0) is 11.3 Å². The summed E-state index contributed by atoms with van der Waals surface area (Å²) in [6.45, 7) is 4.20. The van der Waals surface area contributed by atoms with Crippen molar-refractivity contribution < 1.29 is 4.79 Å². The molecule has 2 aromatic carbocycles. The van der Waals surface area contributed by atoms with E-state index >= 15 is 0 Å². The summed E-state index contributed by atoms with van der Waals surface area (Å²) in [5.74, 6) is 0.582. The Labute approximate surface area is 166 Å². The second-order valence-corrected chi connectivity index (χ2v) is 6.74. The van der Waals surface area contributed by atoms with E-state index in [9.17, 15) is 4.79 Å². The third-order valence-electron chi connectivity index (χ3n) is 4.34. The van der Waals surface area contributed by atoms with Crippen LogP contribution in [0, 0.1) is 0 Å². The SMILES string of the molecule is CC(C)c1ccc(NC(=O)Cn2nnc(-c3ccccc3-n3cnnn3)n2)cc1. The number of aromatic nitrogens is 8. The van der Waals surface area contributed by atoms with Crippen molar-refractivity contribution in [2.45, 2.75) is 26.3 Å². The van der Waals surface area contributed by atoms with Gasteiger partial charge in [0.15, 0.2) is 0 Å². The van der Waals surface area contributed by atoms with Gasteiger partial charge in [-0.3, -0.25) is 4.79 Å². The minimum atomic E-state index is -0.236. The van der Waals surface area contributed by atoms with Gasteiger partial charge in [-0.1, -0.05) is 38.1 Å². The fraction of sp³-hybridized carbons (Fsp3) is 0.211. The first kappa shape index (κ1) is 18.4. The molecule has 2 aromatic heterocycles. The van der Waals surface area contributed by atoms with E-state index in [0.29, 0.717) is 23.0 Å². The number of carbonyl (C=O) groups excluding carboxylic acids is 1. The molecule has 2 heterocycles. The van der Waals surface area contributed by atoms with Gasteiger partial charge in [-0.15, -0.1) is 15.3 Å². The quantitative estimate of drug-likeness (QED) is 0.536. The number of carbonyl (C=O) groups is 1. The van der Waals surface area contributed by atoms with Crippen molar-refractivity contribution in [3.8, 4) is 17.1 Å². The van der Waals surface area contributed by atoms with Gasteiger partial charge < -0.3 is 5.32 Å². The number of amides is 1. The second-order valence-electron chi connectivity index (χ2n) is 6.74. The van der Waals surface area contributed by atoms with Crippen molar-refractivity contribution >= 4 is 11.6 Å². The standard InChI is InChI=1S/C19H19N9O/c1-13(2)14-7-9-15(10-8-14)21-18(29)11-28-23-19(22-25-28)16-5-3-4-6-17(16)27-12-20-24-26-27/h3-10,12-13H,11H2,1-2H3,(H,21,29). The highest BCUT2D eigenvalue weighted by Crippen LogP contribution is 2.22. The molecular weight excluding hydrogens is 370 g/mol. The third-order valence-corrected chi connectivity index (χ3v) is 4.34. The van der Waals surface area contributed by atoms with Crippen LogP contribution in [0.5, 0.6) is 0 Å². The molecule has 0 atom stereocenters. The molecule has 0 fully saturated rings. The van der Waals surface area contributed by atoms with Crippen molar-refractivity contribution in [3.63, 3.8) is 0 Å². The number of tetrazole rings is 2. The van der Waals surface area contributed by atoms with Crippen LogP contribution in [-0.4, -0.2) is 46.3 Å². The van der Waals surface area contributed by atoms with Crippen molar-refractivity contribution in [2.24, 2.45) is 0 Å². The Bertz CT molecular complexity index is 1100. The molecule has 4 aromatic rings. The highest BCUT2D eigenvalue weighted by molar-refractivity contribution is 5.90. The van der Waals surface area contributed by atoms with Crippen LogP contribution in [0.4, 0.5) is 5.69 Å². The first-order valence-corrected chi connectivity index (χ1v) is 9.10. The molecule has 1 amide bonds. The number of nitrogens with zero attached hydrogens (tertiary/aromatic N) is 8. The maximum Gasteiger partial charge on any atom is 0.248 e. The first-order chi connectivity index (χ1) is 14.1. The number of rotatable bonds is 6. The van der Waals surface area contributed by atoms with Crippen molar-refractivity contribution in [2.75, 3.05) is 5.32 Å². The monoisotopic (exact) mass is 389 g/mol. The van der Waals surface area contributed by atoms with Gasteiger partial charge in [-0.25, -0.2) is 0 Å². The number of hydrogen-bond acceptors (Lipinski definition) is 7. The molecule has 0 saturated heterocycles. The van der Waals surface area contributed by atoms with Crippen LogP contribution in [0.2, 0.25) is 0 Å². The number of anilines is 1. The molecule has 0 bridgehead atoms. The predicted octanol–water partition coefficient (Wildman–Crippen LogP) is 2.08. The maximum absolute atomic E-state index is 12.3. The van der Waals surface area contributed by atoms with E-state index in [1.165, 1.54) is 21.4 Å². The zero-order valence-electron chi connectivity index (χ0n) is 16.0. The Hall–Kier alpha value is -3.95. The molecule has 0 aliphatic heterocycles. The molecule has 1 N–H and O–H groups in total. The summed E-state index contributed by atoms with van der Waals surface area (Å²) in [6, 6.07) is 15.2. The molecule has 0 aliphatic carbocycles. The third kappa shape index (κ3) is 4.15. The zero-order chi connectivity index (χ0) is 20.2. The number of nitrogens with one attached hydrogen (secondary N) is 1. The lowest BCUT2D eigenvalue weighted by Gasteiger charge is -2.08. The topological polar surface area (TPSA) is 116 Å². The van der Waals surface area contributed by atoms with Crippen molar-refractivity contribution in [3.05, 3.63) is 60.4 Å². The molecule has 4 rings (SSSR count). The lowest BCUT2D eigenvalue weighted by Crippen LogP contribution is -2.20. The molecule has 0 aliphatic rings. The van der Waals surface area contributed by atoms with E-state index in [1.807, 2.05) is 48.5 Å². The van der Waals surface area contributed by atoms with E-state index in [1.54, 1.807) is 0 Å². The first-order valence-electron chi connectivity index (χ1n) is 9.10. The zero-order valence-corrected chi connectivity index (χ0v) is 16.0. The summed E-state index contributed by atoms with van der Waals surface area (Å²) in [5.41, 5.74) is 3.36. The van der Waals surface area contributed by atoms with Crippen LogP contribution in [0.1, 0.15) is 25.3 Å². The van der Waals surface area contributed by atoms with Crippen LogP contribution in [0.15, 0.2) is 54.9 Å². The average molecular weight is 389 g/mol. The minimum absolute atomic E-state index is 0.0496. The van der Waals surface area contributed by atoms with Gasteiger partial charge >= 0.3 is 0 Å². The summed E-state index contributed by atoms with van der Waals surface area (Å²) < 4.78 is 1.52. The largest absolute Gasteiger partial charge is 0.324 e. The van der Waals surface area contributed by atoms with Crippen LogP contribution in [0.3, 0.4) is 0 Å². The molecule has 10 heteroatoms. The van der Waals surface area contributed by atoms with Crippen molar-refractivity contribution in [1.82, 2.24) is 40.4 Å². The molecule has 0 saturated carbocycles. The Morgan fingerprint density at radius 1 is 1.07 bits per heavy atom. The normalized spacial score (nSPS) is 11.0. The highest BCUT2D eigenvalue weighted by Gasteiger charge is 2.14. The van der Waals surface area contributed by atoms with Gasteiger partial charge in [0.05, 0.1) is 5.69 Å². The lowest BCUT2D eigenvalue weighted by molar-refractivity contribution is -0.117. The fourth-order valence-corrected chi connectivity index (χ4v) is 2.83.